The maximum atomic E-state index is 12.4. The molecule has 0 saturated carbocycles. The molecule has 0 spiro atoms. The van der Waals surface area contributed by atoms with Crippen molar-refractivity contribution in [2.45, 2.75) is 33.7 Å². The van der Waals surface area contributed by atoms with E-state index in [0.717, 1.165) is 30.9 Å². The molecule has 1 aromatic heterocycles. The third kappa shape index (κ3) is 4.82. The Hall–Kier alpha value is -3.16. The van der Waals surface area contributed by atoms with E-state index in [1.807, 2.05) is 25.5 Å². The second kappa shape index (κ2) is 9.36. The number of aromatic nitrogens is 2. The zero-order valence-electron chi connectivity index (χ0n) is 17.2. The van der Waals surface area contributed by atoms with E-state index in [2.05, 4.69) is 26.8 Å². The van der Waals surface area contributed by atoms with Gasteiger partial charge in [0.15, 0.2) is 5.96 Å². The Morgan fingerprint density at radius 3 is 2.34 bits per heavy atom. The summed E-state index contributed by atoms with van der Waals surface area (Å²) in [7, 11) is 0. The van der Waals surface area contributed by atoms with E-state index in [9.17, 15) is 9.59 Å². The van der Waals surface area contributed by atoms with Crippen molar-refractivity contribution in [3.63, 3.8) is 0 Å². The van der Waals surface area contributed by atoms with Gasteiger partial charge in [-0.25, -0.2) is 0 Å². The van der Waals surface area contributed by atoms with E-state index < -0.39 is 0 Å². The Morgan fingerprint density at radius 1 is 1.07 bits per heavy atom. The highest BCUT2D eigenvalue weighted by Crippen LogP contribution is 2.21. The van der Waals surface area contributed by atoms with Crippen LogP contribution in [-0.2, 0) is 6.54 Å². The molecule has 3 rings (SSSR count). The summed E-state index contributed by atoms with van der Waals surface area (Å²) in [6, 6.07) is 8.99. The van der Waals surface area contributed by atoms with Gasteiger partial charge in [0.25, 0.3) is 11.8 Å². The summed E-state index contributed by atoms with van der Waals surface area (Å²) in [4.78, 5) is 30.7. The molecule has 1 aliphatic rings. The van der Waals surface area contributed by atoms with Crippen LogP contribution in [0.1, 0.15) is 45.4 Å². The van der Waals surface area contributed by atoms with Gasteiger partial charge in [-0.3, -0.25) is 24.2 Å². The minimum Gasteiger partial charge on any atom is -0.357 e. The lowest BCUT2D eigenvalue weighted by Gasteiger charge is -2.16. The minimum absolute atomic E-state index is 0.237. The molecule has 29 heavy (non-hydrogen) atoms. The summed E-state index contributed by atoms with van der Waals surface area (Å²) >= 11 is 0. The number of guanidine groups is 1. The summed E-state index contributed by atoms with van der Waals surface area (Å²) in [5.74, 6) is 0.205. The molecule has 8 nitrogen and oxygen atoms in total. The Balaban J connectivity index is 1.48. The monoisotopic (exact) mass is 396 g/mol. The zero-order chi connectivity index (χ0) is 20.8. The molecular formula is C21H28N6O2. The molecule has 0 bridgehead atoms. The molecule has 2 aromatic rings. The lowest BCUT2D eigenvalue weighted by Crippen LogP contribution is -2.43. The standard InChI is InChI=1S/C21H28N6O2/c1-4-22-21(23-10-7-12-27-16(3)14-15(2)25-27)24-11-13-26-19(28)17-8-5-6-9-18(17)20(26)29/h5-6,8-9,14H,4,7,10-13H2,1-3H3,(H2,22,23,24). The fourth-order valence-corrected chi connectivity index (χ4v) is 3.38. The number of amides is 2. The summed E-state index contributed by atoms with van der Waals surface area (Å²) in [6.45, 7) is 8.97. The molecule has 2 heterocycles. The van der Waals surface area contributed by atoms with Crippen LogP contribution in [0, 0.1) is 13.8 Å². The van der Waals surface area contributed by atoms with Crippen LogP contribution >= 0.6 is 0 Å². The highest BCUT2D eigenvalue weighted by molar-refractivity contribution is 6.21. The molecule has 0 atom stereocenters. The lowest BCUT2D eigenvalue weighted by molar-refractivity contribution is 0.0657. The second-order valence-electron chi connectivity index (χ2n) is 7.00. The van der Waals surface area contributed by atoms with Gasteiger partial charge in [-0.1, -0.05) is 12.1 Å². The van der Waals surface area contributed by atoms with Crippen molar-refractivity contribution in [1.82, 2.24) is 25.3 Å². The van der Waals surface area contributed by atoms with E-state index in [1.165, 1.54) is 4.90 Å². The van der Waals surface area contributed by atoms with Crippen molar-refractivity contribution in [3.05, 3.63) is 52.8 Å². The Morgan fingerprint density at radius 2 is 1.76 bits per heavy atom. The summed E-state index contributed by atoms with van der Waals surface area (Å²) in [6.07, 6.45) is 0.872. The van der Waals surface area contributed by atoms with E-state index in [4.69, 9.17) is 0 Å². The van der Waals surface area contributed by atoms with Crippen molar-refractivity contribution < 1.29 is 9.59 Å². The van der Waals surface area contributed by atoms with Crippen LogP contribution in [0.15, 0.2) is 35.3 Å². The van der Waals surface area contributed by atoms with Crippen molar-refractivity contribution in [2.24, 2.45) is 4.99 Å². The van der Waals surface area contributed by atoms with Crippen LogP contribution < -0.4 is 10.6 Å². The molecule has 2 amide bonds. The van der Waals surface area contributed by atoms with Gasteiger partial charge in [-0.15, -0.1) is 0 Å². The number of nitrogens with one attached hydrogen (secondary N) is 2. The quantitative estimate of drug-likeness (QED) is 0.307. The van der Waals surface area contributed by atoms with Gasteiger partial charge in [0.05, 0.1) is 16.8 Å². The summed E-state index contributed by atoms with van der Waals surface area (Å²) < 4.78 is 1.99. The molecule has 1 aliphatic heterocycles. The number of nitrogens with zero attached hydrogens (tertiary/aromatic N) is 4. The van der Waals surface area contributed by atoms with E-state index >= 15 is 0 Å². The molecule has 0 fully saturated rings. The average molecular weight is 396 g/mol. The number of aliphatic imine (C=N–C) groups is 1. The topological polar surface area (TPSA) is 91.6 Å². The van der Waals surface area contributed by atoms with Gasteiger partial charge >= 0.3 is 0 Å². The number of carbonyl (C=O) groups excluding carboxylic acids is 2. The summed E-state index contributed by atoms with van der Waals surface area (Å²) in [5, 5.41) is 10.8. The number of fused-ring (bicyclic) bond motifs is 1. The molecule has 8 heteroatoms. The molecule has 1 aromatic carbocycles. The Labute approximate surface area is 171 Å². The van der Waals surface area contributed by atoms with Gasteiger partial charge in [0, 0.05) is 38.4 Å². The van der Waals surface area contributed by atoms with Crippen molar-refractivity contribution >= 4 is 17.8 Å². The maximum absolute atomic E-state index is 12.4. The third-order valence-electron chi connectivity index (χ3n) is 4.75. The Kier molecular flexibility index (Phi) is 6.64. The fraction of sp³-hybridized carbons (Fsp3) is 0.429. The van der Waals surface area contributed by atoms with Crippen LogP contribution in [0.4, 0.5) is 0 Å². The number of hydrogen-bond acceptors (Lipinski definition) is 4. The fourth-order valence-electron chi connectivity index (χ4n) is 3.38. The van der Waals surface area contributed by atoms with Crippen LogP contribution in [0.3, 0.4) is 0 Å². The molecular weight excluding hydrogens is 368 g/mol. The first-order valence-electron chi connectivity index (χ1n) is 9.99. The van der Waals surface area contributed by atoms with E-state index in [1.54, 1.807) is 24.3 Å². The van der Waals surface area contributed by atoms with E-state index in [0.29, 0.717) is 36.7 Å². The van der Waals surface area contributed by atoms with Crippen LogP contribution in [0.2, 0.25) is 0 Å². The first-order valence-corrected chi connectivity index (χ1v) is 9.99. The van der Waals surface area contributed by atoms with Gasteiger partial charge in [0.1, 0.15) is 0 Å². The van der Waals surface area contributed by atoms with Crippen LogP contribution in [-0.4, -0.2) is 58.6 Å². The van der Waals surface area contributed by atoms with E-state index in [-0.39, 0.29) is 11.8 Å². The number of benzene rings is 1. The number of hydrogen-bond donors (Lipinski definition) is 2. The number of rotatable bonds is 8. The predicted octanol–water partition coefficient (Wildman–Crippen LogP) is 1.74. The number of carbonyl (C=O) groups is 2. The molecule has 154 valence electrons. The van der Waals surface area contributed by atoms with Gasteiger partial charge in [-0.05, 0) is 45.4 Å². The predicted molar refractivity (Wildman–Crippen MR) is 112 cm³/mol. The van der Waals surface area contributed by atoms with Crippen molar-refractivity contribution in [2.75, 3.05) is 26.2 Å². The van der Waals surface area contributed by atoms with Crippen LogP contribution in [0.5, 0.6) is 0 Å². The number of aryl methyl sites for hydroxylation is 3. The Bertz CT molecular complexity index is 883. The lowest BCUT2D eigenvalue weighted by atomic mass is 10.1. The molecule has 0 radical (unpaired) electrons. The normalized spacial score (nSPS) is 13.8. The molecule has 2 N–H and O–H groups in total. The second-order valence-corrected chi connectivity index (χ2v) is 7.00. The maximum Gasteiger partial charge on any atom is 0.261 e. The highest BCUT2D eigenvalue weighted by Gasteiger charge is 2.34. The van der Waals surface area contributed by atoms with Crippen molar-refractivity contribution in [1.29, 1.82) is 0 Å². The van der Waals surface area contributed by atoms with Gasteiger partial charge in [-0.2, -0.15) is 5.10 Å². The zero-order valence-corrected chi connectivity index (χ0v) is 17.2. The minimum atomic E-state index is -0.237. The largest absolute Gasteiger partial charge is 0.357 e. The third-order valence-corrected chi connectivity index (χ3v) is 4.75. The average Bonchev–Trinajstić information content (AvgIpc) is 3.15. The first kappa shape index (κ1) is 20.6. The van der Waals surface area contributed by atoms with Gasteiger partial charge < -0.3 is 10.6 Å². The van der Waals surface area contributed by atoms with Crippen molar-refractivity contribution in [3.8, 4) is 0 Å². The molecule has 0 aliphatic carbocycles. The molecule has 0 unspecified atom stereocenters. The van der Waals surface area contributed by atoms with Crippen LogP contribution in [0.25, 0.3) is 0 Å². The van der Waals surface area contributed by atoms with Gasteiger partial charge in [0.2, 0.25) is 0 Å². The number of imide groups is 1. The molecule has 0 saturated heterocycles. The first-order chi connectivity index (χ1) is 14.0. The highest BCUT2D eigenvalue weighted by atomic mass is 16.2. The smallest absolute Gasteiger partial charge is 0.261 e. The SMILES string of the molecule is CCNC(=NCCCn1nc(C)cc1C)NCCN1C(=O)c2ccccc2C1=O. The summed E-state index contributed by atoms with van der Waals surface area (Å²) in [5.41, 5.74) is 3.12.